The number of hydrogen-bond acceptors (Lipinski definition) is 4. The number of rotatable bonds is 8. The van der Waals surface area contributed by atoms with Crippen molar-refractivity contribution in [3.63, 3.8) is 0 Å². The van der Waals surface area contributed by atoms with Gasteiger partial charge in [-0.25, -0.2) is 4.79 Å². The Labute approximate surface area is 125 Å². The summed E-state index contributed by atoms with van der Waals surface area (Å²) in [6.45, 7) is 3.17. The fraction of sp³-hybridized carbons (Fsp3) is 0.857. The average Bonchev–Trinajstić information content (AvgIpc) is 2.46. The maximum absolute atomic E-state index is 12.5. The minimum Gasteiger partial charge on any atom is -0.481 e. The molecule has 0 aromatic carbocycles. The van der Waals surface area contributed by atoms with Crippen LogP contribution in [0.2, 0.25) is 0 Å². The predicted octanol–water partition coefficient (Wildman–Crippen LogP) is 0.888. The molecule has 0 spiro atoms. The molecule has 0 aromatic rings. The molecule has 0 aromatic heterocycles. The number of ether oxygens (including phenoxy) is 2. The Morgan fingerprint density at radius 1 is 1.24 bits per heavy atom. The van der Waals surface area contributed by atoms with Crippen molar-refractivity contribution in [2.24, 2.45) is 5.92 Å². The first kappa shape index (κ1) is 17.7. The number of aliphatic carboxylic acids is 1. The molecule has 0 radical (unpaired) electrons. The first-order valence-corrected chi connectivity index (χ1v) is 7.32. The third kappa shape index (κ3) is 6.31. The van der Waals surface area contributed by atoms with Crippen molar-refractivity contribution in [1.29, 1.82) is 0 Å². The highest BCUT2D eigenvalue weighted by Gasteiger charge is 2.27. The highest BCUT2D eigenvalue weighted by atomic mass is 16.5. The molecule has 0 aliphatic carbocycles. The lowest BCUT2D eigenvalue weighted by molar-refractivity contribution is -0.138. The first-order chi connectivity index (χ1) is 10.1. The topological polar surface area (TPSA) is 79.3 Å². The second kappa shape index (κ2) is 9.57. The molecule has 1 fully saturated rings. The number of carboxylic acid groups (broad SMARTS) is 1. The maximum atomic E-state index is 12.5. The normalized spacial score (nSPS) is 18.6. The molecule has 2 amide bonds. The van der Waals surface area contributed by atoms with Crippen LogP contribution in [-0.4, -0.2) is 80.5 Å². The Kier molecular flexibility index (Phi) is 8.07. The molecule has 1 heterocycles. The van der Waals surface area contributed by atoms with Crippen LogP contribution >= 0.6 is 0 Å². The van der Waals surface area contributed by atoms with Gasteiger partial charge in [-0.2, -0.15) is 0 Å². The van der Waals surface area contributed by atoms with Crippen molar-refractivity contribution >= 4 is 12.0 Å². The summed E-state index contributed by atoms with van der Waals surface area (Å²) in [5.74, 6) is -0.753. The molecule has 1 aliphatic rings. The van der Waals surface area contributed by atoms with Crippen molar-refractivity contribution in [2.75, 3.05) is 53.6 Å². The van der Waals surface area contributed by atoms with E-state index in [1.807, 2.05) is 0 Å². The van der Waals surface area contributed by atoms with E-state index in [9.17, 15) is 9.59 Å². The summed E-state index contributed by atoms with van der Waals surface area (Å²) in [7, 11) is 3.20. The van der Waals surface area contributed by atoms with Gasteiger partial charge in [0.15, 0.2) is 0 Å². The lowest BCUT2D eigenvalue weighted by atomic mass is 9.95. The van der Waals surface area contributed by atoms with Gasteiger partial charge in [-0.15, -0.1) is 0 Å². The van der Waals surface area contributed by atoms with Crippen molar-refractivity contribution in [2.45, 2.75) is 19.3 Å². The fourth-order valence-electron chi connectivity index (χ4n) is 2.56. The van der Waals surface area contributed by atoms with Crippen LogP contribution in [0.15, 0.2) is 0 Å². The Morgan fingerprint density at radius 2 is 1.86 bits per heavy atom. The van der Waals surface area contributed by atoms with E-state index in [1.54, 1.807) is 24.0 Å². The largest absolute Gasteiger partial charge is 0.481 e. The van der Waals surface area contributed by atoms with Crippen LogP contribution in [0.1, 0.15) is 19.3 Å². The standard InChI is InChI=1S/C14H26N2O5/c1-20-8-6-15(7-9-21-2)14(19)16-5-3-4-12(11-16)10-13(17)18/h12H,3-11H2,1-2H3,(H,17,18). The zero-order chi connectivity index (χ0) is 15.7. The summed E-state index contributed by atoms with van der Waals surface area (Å²) in [6.07, 6.45) is 1.85. The van der Waals surface area contributed by atoms with Gasteiger partial charge < -0.3 is 24.4 Å². The lowest BCUT2D eigenvalue weighted by Gasteiger charge is -2.36. The van der Waals surface area contributed by atoms with Crippen LogP contribution < -0.4 is 0 Å². The third-order valence-corrected chi connectivity index (χ3v) is 3.65. The van der Waals surface area contributed by atoms with Gasteiger partial charge in [0.25, 0.3) is 0 Å². The minimum absolute atomic E-state index is 0.0481. The average molecular weight is 302 g/mol. The van der Waals surface area contributed by atoms with E-state index in [0.717, 1.165) is 12.8 Å². The molecule has 21 heavy (non-hydrogen) atoms. The number of amides is 2. The highest BCUT2D eigenvalue weighted by Crippen LogP contribution is 2.20. The molecule has 1 saturated heterocycles. The van der Waals surface area contributed by atoms with E-state index in [2.05, 4.69) is 0 Å². The molecule has 1 aliphatic heterocycles. The number of nitrogens with zero attached hydrogens (tertiary/aromatic N) is 2. The van der Waals surface area contributed by atoms with Crippen LogP contribution in [-0.2, 0) is 14.3 Å². The van der Waals surface area contributed by atoms with Gasteiger partial charge in [0.1, 0.15) is 0 Å². The van der Waals surface area contributed by atoms with Crippen molar-refractivity contribution in [1.82, 2.24) is 9.80 Å². The number of carboxylic acids is 1. The number of carbonyl (C=O) groups is 2. The number of hydrogen-bond donors (Lipinski definition) is 1. The summed E-state index contributed by atoms with van der Waals surface area (Å²) in [4.78, 5) is 26.8. The maximum Gasteiger partial charge on any atom is 0.320 e. The molecule has 1 atom stereocenters. The monoisotopic (exact) mass is 302 g/mol. The molecule has 0 bridgehead atoms. The van der Waals surface area contributed by atoms with Crippen LogP contribution in [0, 0.1) is 5.92 Å². The van der Waals surface area contributed by atoms with E-state index in [0.29, 0.717) is 39.4 Å². The Balaban J connectivity index is 2.57. The van der Waals surface area contributed by atoms with Crippen LogP contribution in [0.5, 0.6) is 0 Å². The quantitative estimate of drug-likeness (QED) is 0.720. The van der Waals surface area contributed by atoms with E-state index < -0.39 is 5.97 Å². The first-order valence-electron chi connectivity index (χ1n) is 7.32. The summed E-state index contributed by atoms with van der Waals surface area (Å²) >= 11 is 0. The molecule has 1 rings (SSSR count). The zero-order valence-electron chi connectivity index (χ0n) is 12.9. The fourth-order valence-corrected chi connectivity index (χ4v) is 2.56. The van der Waals surface area contributed by atoms with Crippen LogP contribution in [0.25, 0.3) is 0 Å². The van der Waals surface area contributed by atoms with Crippen LogP contribution in [0.3, 0.4) is 0 Å². The van der Waals surface area contributed by atoms with Gasteiger partial charge >= 0.3 is 12.0 Å². The molecule has 1 N–H and O–H groups in total. The van der Waals surface area contributed by atoms with E-state index in [4.69, 9.17) is 14.6 Å². The second-order valence-electron chi connectivity index (χ2n) is 5.31. The van der Waals surface area contributed by atoms with Crippen molar-refractivity contribution in [3.8, 4) is 0 Å². The predicted molar refractivity (Wildman–Crippen MR) is 77.3 cm³/mol. The smallest absolute Gasteiger partial charge is 0.320 e. The summed E-state index contributed by atoms with van der Waals surface area (Å²) in [5.41, 5.74) is 0. The summed E-state index contributed by atoms with van der Waals surface area (Å²) in [6, 6.07) is -0.0563. The molecular weight excluding hydrogens is 276 g/mol. The second-order valence-corrected chi connectivity index (χ2v) is 5.31. The number of urea groups is 1. The number of methoxy groups -OCH3 is 2. The highest BCUT2D eigenvalue weighted by molar-refractivity contribution is 5.74. The lowest BCUT2D eigenvalue weighted by Crippen LogP contribution is -2.49. The Hall–Kier alpha value is -1.34. The van der Waals surface area contributed by atoms with Gasteiger partial charge in [-0.3, -0.25) is 4.79 Å². The van der Waals surface area contributed by atoms with Crippen LogP contribution in [0.4, 0.5) is 4.79 Å². The van der Waals surface area contributed by atoms with E-state index in [1.165, 1.54) is 0 Å². The minimum atomic E-state index is -0.801. The summed E-state index contributed by atoms with van der Waals surface area (Å²) in [5, 5.41) is 8.89. The number of piperidine rings is 1. The van der Waals surface area contributed by atoms with E-state index >= 15 is 0 Å². The van der Waals surface area contributed by atoms with Gasteiger partial charge in [0.05, 0.1) is 13.2 Å². The van der Waals surface area contributed by atoms with Gasteiger partial charge in [0.2, 0.25) is 0 Å². The van der Waals surface area contributed by atoms with Crippen molar-refractivity contribution in [3.05, 3.63) is 0 Å². The Morgan fingerprint density at radius 3 is 2.38 bits per heavy atom. The van der Waals surface area contributed by atoms with E-state index in [-0.39, 0.29) is 18.4 Å². The molecule has 0 saturated carbocycles. The molecule has 122 valence electrons. The Bertz CT molecular complexity index is 329. The number of carbonyl (C=O) groups excluding carboxylic acids is 1. The SMILES string of the molecule is COCCN(CCOC)C(=O)N1CCCC(CC(=O)O)C1. The van der Waals surface area contributed by atoms with Gasteiger partial charge in [-0.1, -0.05) is 0 Å². The molecule has 7 nitrogen and oxygen atoms in total. The number of likely N-dealkylation sites (tertiary alicyclic amines) is 1. The molecule has 1 unspecified atom stereocenters. The zero-order valence-corrected chi connectivity index (χ0v) is 12.9. The third-order valence-electron chi connectivity index (χ3n) is 3.65. The van der Waals surface area contributed by atoms with Gasteiger partial charge in [0, 0.05) is 46.8 Å². The molecular formula is C14H26N2O5. The van der Waals surface area contributed by atoms with Crippen molar-refractivity contribution < 1.29 is 24.2 Å². The van der Waals surface area contributed by atoms with Gasteiger partial charge in [-0.05, 0) is 18.8 Å². The molecule has 7 heteroatoms. The summed E-state index contributed by atoms with van der Waals surface area (Å²) < 4.78 is 10.1.